The smallest absolute Gasteiger partial charge is 0.265 e. The summed E-state index contributed by atoms with van der Waals surface area (Å²) in [7, 11) is 1.60. The van der Waals surface area contributed by atoms with Crippen LogP contribution in [0, 0.1) is 6.92 Å². The molecule has 8 heteroatoms. The maximum atomic E-state index is 12.8. The van der Waals surface area contributed by atoms with Crippen molar-refractivity contribution in [2.24, 2.45) is 0 Å². The molecule has 156 valence electrons. The van der Waals surface area contributed by atoms with E-state index in [1.165, 1.54) is 11.3 Å². The average Bonchev–Trinajstić information content (AvgIpc) is 3.42. The molecule has 30 heavy (non-hydrogen) atoms. The fourth-order valence-corrected chi connectivity index (χ4v) is 4.56. The van der Waals surface area contributed by atoms with Crippen molar-refractivity contribution < 1.29 is 14.3 Å². The Balaban J connectivity index is 1.59. The molecule has 0 unspecified atom stereocenters. The largest absolute Gasteiger partial charge is 0.383 e. The van der Waals surface area contributed by atoms with Crippen molar-refractivity contribution in [1.82, 2.24) is 20.2 Å². The van der Waals surface area contributed by atoms with Crippen molar-refractivity contribution >= 4 is 34.1 Å². The SMILES string of the molecule is COCCNC(=O)c1cc([C@H]2CCN(C(=O)c3scnc3C)C2)nc2ccccc12. The number of hydrogen-bond acceptors (Lipinski definition) is 6. The highest BCUT2D eigenvalue weighted by atomic mass is 32.1. The molecule has 2 aromatic heterocycles. The molecule has 1 saturated heterocycles. The Morgan fingerprint density at radius 1 is 1.33 bits per heavy atom. The van der Waals surface area contributed by atoms with Crippen molar-refractivity contribution in [3.8, 4) is 0 Å². The van der Waals surface area contributed by atoms with Gasteiger partial charge in [-0.2, -0.15) is 0 Å². The van der Waals surface area contributed by atoms with Gasteiger partial charge in [-0.3, -0.25) is 14.6 Å². The van der Waals surface area contributed by atoms with E-state index in [1.54, 1.807) is 12.6 Å². The number of carbonyl (C=O) groups is 2. The Hall–Kier alpha value is -2.84. The second-order valence-electron chi connectivity index (χ2n) is 7.36. The lowest BCUT2D eigenvalue weighted by Gasteiger charge is -2.17. The van der Waals surface area contributed by atoms with Crippen molar-refractivity contribution in [3.63, 3.8) is 0 Å². The molecule has 1 aromatic carbocycles. The van der Waals surface area contributed by atoms with Crippen LogP contribution in [0.25, 0.3) is 10.9 Å². The van der Waals surface area contributed by atoms with Crippen molar-refractivity contribution in [1.29, 1.82) is 0 Å². The molecule has 0 saturated carbocycles. The van der Waals surface area contributed by atoms with E-state index in [0.717, 1.165) is 28.7 Å². The summed E-state index contributed by atoms with van der Waals surface area (Å²) in [4.78, 5) is 37.2. The first kappa shape index (κ1) is 20.4. The van der Waals surface area contributed by atoms with Gasteiger partial charge in [-0.25, -0.2) is 4.98 Å². The number of methoxy groups -OCH3 is 1. The van der Waals surface area contributed by atoms with Crippen LogP contribution in [-0.2, 0) is 4.74 Å². The molecule has 1 fully saturated rings. The van der Waals surface area contributed by atoms with Crippen LogP contribution in [0.2, 0.25) is 0 Å². The number of benzene rings is 1. The van der Waals surface area contributed by atoms with E-state index < -0.39 is 0 Å². The quantitative estimate of drug-likeness (QED) is 0.615. The summed E-state index contributed by atoms with van der Waals surface area (Å²) >= 11 is 1.38. The molecular weight excluding hydrogens is 400 g/mol. The number of rotatable bonds is 6. The van der Waals surface area contributed by atoms with Crippen LogP contribution in [-0.4, -0.2) is 60.0 Å². The molecule has 0 spiro atoms. The number of carbonyl (C=O) groups excluding carboxylic acids is 2. The number of likely N-dealkylation sites (tertiary alicyclic amines) is 1. The number of para-hydroxylation sites is 1. The monoisotopic (exact) mass is 424 g/mol. The Morgan fingerprint density at radius 3 is 2.93 bits per heavy atom. The van der Waals surface area contributed by atoms with Crippen LogP contribution in [0.5, 0.6) is 0 Å². The van der Waals surface area contributed by atoms with Gasteiger partial charge in [0.2, 0.25) is 0 Å². The third kappa shape index (κ3) is 4.06. The van der Waals surface area contributed by atoms with Gasteiger partial charge in [-0.05, 0) is 25.5 Å². The average molecular weight is 425 g/mol. The summed E-state index contributed by atoms with van der Waals surface area (Å²) in [5, 5.41) is 3.72. The Labute approximate surface area is 179 Å². The van der Waals surface area contributed by atoms with Gasteiger partial charge in [-0.15, -0.1) is 11.3 Å². The molecule has 1 N–H and O–H groups in total. The Kier molecular flexibility index (Phi) is 6.06. The molecule has 3 aromatic rings. The summed E-state index contributed by atoms with van der Waals surface area (Å²) in [5.41, 5.74) is 4.72. The van der Waals surface area contributed by atoms with Crippen LogP contribution in [0.1, 0.15) is 43.8 Å². The number of fused-ring (bicyclic) bond motifs is 1. The minimum Gasteiger partial charge on any atom is -0.383 e. The van der Waals surface area contributed by atoms with Gasteiger partial charge in [0.15, 0.2) is 0 Å². The van der Waals surface area contributed by atoms with Gasteiger partial charge >= 0.3 is 0 Å². The van der Waals surface area contributed by atoms with Crippen LogP contribution in [0.15, 0.2) is 35.8 Å². The summed E-state index contributed by atoms with van der Waals surface area (Å²) in [6, 6.07) is 9.53. The molecule has 1 aliphatic heterocycles. The van der Waals surface area contributed by atoms with E-state index in [4.69, 9.17) is 9.72 Å². The van der Waals surface area contributed by atoms with Gasteiger partial charge in [0.25, 0.3) is 11.8 Å². The topological polar surface area (TPSA) is 84.4 Å². The highest BCUT2D eigenvalue weighted by Gasteiger charge is 2.31. The summed E-state index contributed by atoms with van der Waals surface area (Å²) < 4.78 is 5.03. The zero-order valence-electron chi connectivity index (χ0n) is 17.1. The summed E-state index contributed by atoms with van der Waals surface area (Å²) in [6.07, 6.45) is 0.819. The molecule has 0 bridgehead atoms. The van der Waals surface area contributed by atoms with Crippen molar-refractivity contribution in [3.05, 3.63) is 57.7 Å². The predicted octanol–water partition coefficient (Wildman–Crippen LogP) is 3.01. The molecular formula is C22H24N4O3S. The fraction of sp³-hybridized carbons (Fsp3) is 0.364. The van der Waals surface area contributed by atoms with E-state index in [9.17, 15) is 9.59 Å². The van der Waals surface area contributed by atoms with E-state index in [-0.39, 0.29) is 17.7 Å². The first-order valence-corrected chi connectivity index (χ1v) is 10.8. The minimum atomic E-state index is -0.141. The summed E-state index contributed by atoms with van der Waals surface area (Å²) in [6.45, 7) is 4.02. The van der Waals surface area contributed by atoms with Crippen LogP contribution < -0.4 is 5.32 Å². The lowest BCUT2D eigenvalue weighted by Crippen LogP contribution is -2.29. The third-order valence-corrected chi connectivity index (χ3v) is 6.32. The van der Waals surface area contributed by atoms with E-state index >= 15 is 0 Å². The lowest BCUT2D eigenvalue weighted by atomic mass is 9.99. The standard InChI is InChI=1S/C22H24N4O3S/c1-14-20(30-13-24-14)22(28)26-9-7-15(12-26)19-11-17(21(27)23-8-10-29-2)16-5-3-4-6-18(16)25-19/h3-6,11,13,15H,7-10,12H2,1-2H3,(H,23,27)/t15-/m0/s1. The number of nitrogens with zero attached hydrogens (tertiary/aromatic N) is 3. The number of hydrogen-bond donors (Lipinski definition) is 1. The number of aromatic nitrogens is 2. The number of amides is 2. The molecule has 0 radical (unpaired) electrons. The van der Waals surface area contributed by atoms with Gasteiger partial charge in [0.1, 0.15) is 4.88 Å². The predicted molar refractivity (Wildman–Crippen MR) is 116 cm³/mol. The first-order chi connectivity index (χ1) is 14.6. The van der Waals surface area contributed by atoms with Crippen LogP contribution in [0.3, 0.4) is 0 Å². The van der Waals surface area contributed by atoms with Crippen LogP contribution >= 0.6 is 11.3 Å². The minimum absolute atomic E-state index is 0.0239. The van der Waals surface area contributed by atoms with E-state index in [1.807, 2.05) is 42.2 Å². The molecule has 2 amide bonds. The Morgan fingerprint density at radius 2 is 2.17 bits per heavy atom. The highest BCUT2D eigenvalue weighted by Crippen LogP contribution is 2.31. The first-order valence-electron chi connectivity index (χ1n) is 9.94. The second-order valence-corrected chi connectivity index (χ2v) is 8.22. The maximum absolute atomic E-state index is 12.8. The van der Waals surface area contributed by atoms with E-state index in [0.29, 0.717) is 36.7 Å². The third-order valence-electron chi connectivity index (χ3n) is 5.41. The summed E-state index contributed by atoms with van der Waals surface area (Å²) in [5.74, 6) is -0.0220. The molecule has 0 aliphatic carbocycles. The van der Waals surface area contributed by atoms with Gasteiger partial charge in [-0.1, -0.05) is 18.2 Å². The van der Waals surface area contributed by atoms with Crippen LogP contribution in [0.4, 0.5) is 0 Å². The van der Waals surface area contributed by atoms with Crippen molar-refractivity contribution in [2.45, 2.75) is 19.3 Å². The van der Waals surface area contributed by atoms with E-state index in [2.05, 4.69) is 10.3 Å². The maximum Gasteiger partial charge on any atom is 0.265 e. The fourth-order valence-electron chi connectivity index (χ4n) is 3.79. The number of aryl methyl sites for hydroxylation is 1. The zero-order valence-corrected chi connectivity index (χ0v) is 17.9. The number of ether oxygens (including phenoxy) is 1. The molecule has 7 nitrogen and oxygen atoms in total. The molecule has 3 heterocycles. The van der Waals surface area contributed by atoms with Gasteiger partial charge in [0.05, 0.1) is 28.9 Å². The van der Waals surface area contributed by atoms with Crippen molar-refractivity contribution in [2.75, 3.05) is 33.4 Å². The van der Waals surface area contributed by atoms with Gasteiger partial charge < -0.3 is 15.0 Å². The Bertz CT molecular complexity index is 1080. The number of pyridine rings is 1. The molecule has 4 rings (SSSR count). The molecule has 1 aliphatic rings. The second kappa shape index (κ2) is 8.89. The number of thiazole rings is 1. The van der Waals surface area contributed by atoms with Gasteiger partial charge in [0, 0.05) is 43.7 Å². The normalized spacial score (nSPS) is 16.2. The molecule has 1 atom stereocenters. The zero-order chi connectivity index (χ0) is 21.1. The lowest BCUT2D eigenvalue weighted by molar-refractivity contribution is 0.0794. The number of nitrogens with one attached hydrogen (secondary N) is 1. The highest BCUT2D eigenvalue weighted by molar-refractivity contribution is 7.11.